The van der Waals surface area contributed by atoms with Crippen molar-refractivity contribution in [2.24, 2.45) is 5.92 Å². The number of rotatable bonds is 5. The first-order chi connectivity index (χ1) is 10.6. The highest BCUT2D eigenvalue weighted by Gasteiger charge is 2.27. The molecule has 1 saturated heterocycles. The Hall–Kier alpha value is -1.02. The van der Waals surface area contributed by atoms with Crippen molar-refractivity contribution < 1.29 is 4.74 Å². The maximum absolute atomic E-state index is 5.49. The molecule has 1 fully saturated rings. The van der Waals surface area contributed by atoms with Crippen molar-refractivity contribution in [1.82, 2.24) is 4.90 Å². The normalized spacial score (nSPS) is 23.0. The number of methoxy groups -OCH3 is 1. The van der Waals surface area contributed by atoms with Crippen LogP contribution in [0.2, 0.25) is 0 Å². The molecule has 0 saturated carbocycles. The monoisotopic (exact) mass is 303 g/mol. The third-order valence-corrected chi connectivity index (χ3v) is 5.64. The van der Waals surface area contributed by atoms with Crippen LogP contribution in [0.4, 0.5) is 0 Å². The van der Waals surface area contributed by atoms with Crippen LogP contribution in [0.1, 0.15) is 59.8 Å². The highest BCUT2D eigenvalue weighted by molar-refractivity contribution is 5.43. The first-order valence-electron chi connectivity index (χ1n) is 8.96. The number of piperidine rings is 1. The van der Waals surface area contributed by atoms with Gasteiger partial charge in [0.1, 0.15) is 0 Å². The largest absolute Gasteiger partial charge is 0.501 e. The summed E-state index contributed by atoms with van der Waals surface area (Å²) in [5, 5.41) is 0. The molecule has 0 amide bonds. The molecule has 22 heavy (non-hydrogen) atoms. The highest BCUT2D eigenvalue weighted by atomic mass is 16.5. The van der Waals surface area contributed by atoms with E-state index < -0.39 is 0 Å². The highest BCUT2D eigenvalue weighted by Crippen LogP contribution is 2.32. The smallest absolute Gasteiger partial charge is 0.0996 e. The van der Waals surface area contributed by atoms with Crippen molar-refractivity contribution in [1.29, 1.82) is 0 Å². The van der Waals surface area contributed by atoms with Crippen LogP contribution in [0.3, 0.4) is 0 Å². The minimum atomic E-state index is 0.556. The first-order valence-corrected chi connectivity index (χ1v) is 8.96. The van der Waals surface area contributed by atoms with Gasteiger partial charge in [0.15, 0.2) is 0 Å². The van der Waals surface area contributed by atoms with E-state index in [4.69, 9.17) is 4.74 Å². The summed E-state index contributed by atoms with van der Waals surface area (Å²) in [4.78, 5) is 2.71. The minimum absolute atomic E-state index is 0.556. The molecule has 0 radical (unpaired) electrons. The van der Waals surface area contributed by atoms with Crippen molar-refractivity contribution in [3.63, 3.8) is 0 Å². The molecular formula is C20H33NO. The molecule has 1 atom stereocenters. The van der Waals surface area contributed by atoms with E-state index in [-0.39, 0.29) is 0 Å². The zero-order valence-corrected chi connectivity index (χ0v) is 15.1. The molecule has 0 aromatic heterocycles. The van der Waals surface area contributed by atoms with Crippen LogP contribution in [0.25, 0.3) is 0 Å². The number of hydrogen-bond acceptors (Lipinski definition) is 2. The summed E-state index contributed by atoms with van der Waals surface area (Å²) in [5.41, 5.74) is 4.41. The first kappa shape index (κ1) is 17.3. The Morgan fingerprint density at radius 3 is 2.41 bits per heavy atom. The van der Waals surface area contributed by atoms with Crippen LogP contribution in [-0.2, 0) is 4.74 Å². The Bertz CT molecular complexity index is 464. The van der Waals surface area contributed by atoms with Gasteiger partial charge in [-0.05, 0) is 69.3 Å². The Balaban J connectivity index is 2.20. The zero-order valence-electron chi connectivity index (χ0n) is 15.1. The quantitative estimate of drug-likeness (QED) is 0.702. The molecule has 0 aromatic carbocycles. The molecule has 1 heterocycles. The topological polar surface area (TPSA) is 12.5 Å². The lowest BCUT2D eigenvalue weighted by atomic mass is 9.89. The second-order valence-corrected chi connectivity index (χ2v) is 6.85. The van der Waals surface area contributed by atoms with E-state index in [2.05, 4.69) is 44.7 Å². The average molecular weight is 303 g/mol. The lowest BCUT2D eigenvalue weighted by Crippen LogP contribution is -2.42. The summed E-state index contributed by atoms with van der Waals surface area (Å²) in [6.45, 7) is 11.7. The molecule has 0 N–H and O–H groups in total. The second kappa shape index (κ2) is 8.01. The second-order valence-electron chi connectivity index (χ2n) is 6.85. The van der Waals surface area contributed by atoms with Crippen LogP contribution in [0.5, 0.6) is 0 Å². The SMILES string of the molecule is CCC1CCN(C(CC)C2=CC=C(OC)CC(C)=C2C)CC1. The minimum Gasteiger partial charge on any atom is -0.501 e. The van der Waals surface area contributed by atoms with Gasteiger partial charge in [0, 0.05) is 12.5 Å². The molecule has 0 aromatic rings. The fraction of sp³-hybridized carbons (Fsp3) is 0.700. The van der Waals surface area contributed by atoms with Crippen molar-refractivity contribution in [3.05, 3.63) is 34.6 Å². The third kappa shape index (κ3) is 3.84. The van der Waals surface area contributed by atoms with Gasteiger partial charge in [0.2, 0.25) is 0 Å². The number of ether oxygens (including phenoxy) is 1. The van der Waals surface area contributed by atoms with Gasteiger partial charge in [-0.15, -0.1) is 0 Å². The fourth-order valence-electron chi connectivity index (χ4n) is 3.86. The van der Waals surface area contributed by atoms with Gasteiger partial charge in [0.05, 0.1) is 12.9 Å². The third-order valence-electron chi connectivity index (χ3n) is 5.64. The Morgan fingerprint density at radius 2 is 1.86 bits per heavy atom. The molecule has 2 aliphatic rings. The molecular weight excluding hydrogens is 270 g/mol. The van der Waals surface area contributed by atoms with Gasteiger partial charge in [0.25, 0.3) is 0 Å². The van der Waals surface area contributed by atoms with E-state index >= 15 is 0 Å². The van der Waals surface area contributed by atoms with Gasteiger partial charge in [-0.2, -0.15) is 0 Å². The lowest BCUT2D eigenvalue weighted by molar-refractivity contribution is 0.145. The molecule has 2 rings (SSSR count). The van der Waals surface area contributed by atoms with Crippen LogP contribution < -0.4 is 0 Å². The molecule has 2 heteroatoms. The summed E-state index contributed by atoms with van der Waals surface area (Å²) in [6.07, 6.45) is 10.7. The molecule has 0 bridgehead atoms. The zero-order chi connectivity index (χ0) is 16.1. The summed E-state index contributed by atoms with van der Waals surface area (Å²) in [7, 11) is 1.78. The number of likely N-dealkylation sites (tertiary alicyclic amines) is 1. The van der Waals surface area contributed by atoms with Crippen molar-refractivity contribution in [3.8, 4) is 0 Å². The van der Waals surface area contributed by atoms with Gasteiger partial charge >= 0.3 is 0 Å². The molecule has 0 spiro atoms. The standard InChI is InChI=1S/C20H33NO/c1-6-17-10-12-21(13-11-17)20(7-2)19-9-8-18(22-5)14-15(3)16(19)4/h8-9,17,20H,6-7,10-14H2,1-5H3. The molecule has 1 aliphatic carbocycles. The van der Waals surface area contributed by atoms with Gasteiger partial charge in [-0.3, -0.25) is 4.90 Å². The summed E-state index contributed by atoms with van der Waals surface area (Å²) in [6, 6.07) is 0.556. The maximum Gasteiger partial charge on any atom is 0.0996 e. The van der Waals surface area contributed by atoms with E-state index in [1.807, 2.05) is 0 Å². The predicted molar refractivity (Wildman–Crippen MR) is 94.8 cm³/mol. The fourth-order valence-corrected chi connectivity index (χ4v) is 3.86. The lowest BCUT2D eigenvalue weighted by Gasteiger charge is -2.38. The van der Waals surface area contributed by atoms with Crippen molar-refractivity contribution in [2.45, 2.75) is 65.8 Å². The van der Waals surface area contributed by atoms with E-state index in [0.717, 1.165) is 18.1 Å². The van der Waals surface area contributed by atoms with E-state index in [1.165, 1.54) is 55.5 Å². The van der Waals surface area contributed by atoms with Gasteiger partial charge in [-0.25, -0.2) is 0 Å². The Labute approximate surface area is 136 Å². The van der Waals surface area contributed by atoms with Gasteiger partial charge < -0.3 is 4.74 Å². The van der Waals surface area contributed by atoms with Crippen LogP contribution in [-0.4, -0.2) is 31.1 Å². The maximum atomic E-state index is 5.49. The number of allylic oxidation sites excluding steroid dienone is 3. The molecule has 1 aliphatic heterocycles. The molecule has 1 unspecified atom stereocenters. The van der Waals surface area contributed by atoms with Gasteiger partial charge in [-0.1, -0.05) is 31.9 Å². The van der Waals surface area contributed by atoms with Crippen molar-refractivity contribution in [2.75, 3.05) is 20.2 Å². The predicted octanol–water partition coefficient (Wildman–Crippen LogP) is 5.08. The summed E-state index contributed by atoms with van der Waals surface area (Å²) >= 11 is 0. The Kier molecular flexibility index (Phi) is 6.31. The van der Waals surface area contributed by atoms with Crippen LogP contribution in [0, 0.1) is 5.92 Å². The van der Waals surface area contributed by atoms with E-state index in [1.54, 1.807) is 7.11 Å². The number of hydrogen-bond donors (Lipinski definition) is 0. The number of nitrogens with zero attached hydrogens (tertiary/aromatic N) is 1. The van der Waals surface area contributed by atoms with Crippen molar-refractivity contribution >= 4 is 0 Å². The molecule has 124 valence electrons. The summed E-state index contributed by atoms with van der Waals surface area (Å²) < 4.78 is 5.49. The molecule has 2 nitrogen and oxygen atoms in total. The van der Waals surface area contributed by atoms with E-state index in [9.17, 15) is 0 Å². The Morgan fingerprint density at radius 1 is 1.18 bits per heavy atom. The van der Waals surface area contributed by atoms with Crippen LogP contribution >= 0.6 is 0 Å². The average Bonchev–Trinajstić information content (AvgIpc) is 2.69. The van der Waals surface area contributed by atoms with E-state index in [0.29, 0.717) is 6.04 Å². The van der Waals surface area contributed by atoms with Crippen LogP contribution in [0.15, 0.2) is 34.6 Å². The summed E-state index contributed by atoms with van der Waals surface area (Å²) in [5.74, 6) is 2.02.